The summed E-state index contributed by atoms with van der Waals surface area (Å²) in [6.45, 7) is 12.1. The van der Waals surface area contributed by atoms with Gasteiger partial charge in [0.1, 0.15) is 5.60 Å². The summed E-state index contributed by atoms with van der Waals surface area (Å²) in [4.78, 5) is 16.6. The molecule has 126 valence electrons. The van der Waals surface area contributed by atoms with E-state index < -0.39 is 5.60 Å². The van der Waals surface area contributed by atoms with Crippen LogP contribution in [0.3, 0.4) is 0 Å². The van der Waals surface area contributed by atoms with Gasteiger partial charge in [0, 0.05) is 44.5 Å². The molecule has 0 bridgehead atoms. The van der Waals surface area contributed by atoms with Crippen LogP contribution in [0.25, 0.3) is 0 Å². The number of nitrogens with one attached hydrogen (secondary N) is 1. The molecule has 0 radical (unpaired) electrons. The third kappa shape index (κ3) is 3.44. The number of anilines is 1. The molecule has 1 amide bonds. The number of benzene rings is 1. The summed E-state index contributed by atoms with van der Waals surface area (Å²) < 4.78 is 5.52. The largest absolute Gasteiger partial charge is 0.444 e. The number of carbonyl (C=O) groups is 1. The van der Waals surface area contributed by atoms with E-state index >= 15 is 0 Å². The summed E-state index contributed by atoms with van der Waals surface area (Å²) in [6.07, 6.45) is -0.204. The predicted octanol–water partition coefficient (Wildman–Crippen LogP) is 2.74. The van der Waals surface area contributed by atoms with Crippen molar-refractivity contribution in [3.05, 3.63) is 29.3 Å². The minimum atomic E-state index is -0.445. The second-order valence-corrected chi connectivity index (χ2v) is 7.49. The molecular formula is C18H27N3O2. The molecule has 5 nitrogen and oxygen atoms in total. The third-order valence-electron chi connectivity index (χ3n) is 4.46. The van der Waals surface area contributed by atoms with Crippen molar-refractivity contribution in [1.82, 2.24) is 10.2 Å². The lowest BCUT2D eigenvalue weighted by atomic mass is 10.1. The number of piperazine rings is 1. The van der Waals surface area contributed by atoms with Crippen molar-refractivity contribution >= 4 is 11.8 Å². The average Bonchev–Trinajstić information content (AvgIpc) is 2.93. The van der Waals surface area contributed by atoms with Crippen molar-refractivity contribution in [2.75, 3.05) is 24.5 Å². The Balaban J connectivity index is 1.70. The van der Waals surface area contributed by atoms with E-state index in [4.69, 9.17) is 4.74 Å². The number of hydrogen-bond acceptors (Lipinski definition) is 4. The Morgan fingerprint density at radius 1 is 1.26 bits per heavy atom. The minimum Gasteiger partial charge on any atom is -0.444 e. The molecule has 0 saturated carbocycles. The molecule has 1 atom stereocenters. The lowest BCUT2D eigenvalue weighted by molar-refractivity contribution is 0.0159. The Labute approximate surface area is 138 Å². The topological polar surface area (TPSA) is 44.8 Å². The number of fused-ring (bicyclic) bond motifs is 1. The highest BCUT2D eigenvalue weighted by atomic mass is 16.6. The van der Waals surface area contributed by atoms with Gasteiger partial charge in [-0.25, -0.2) is 4.79 Å². The number of rotatable bonds is 1. The van der Waals surface area contributed by atoms with Gasteiger partial charge in [-0.2, -0.15) is 0 Å². The molecule has 5 heteroatoms. The van der Waals surface area contributed by atoms with Gasteiger partial charge in [0.2, 0.25) is 0 Å². The second kappa shape index (κ2) is 6.04. The molecule has 3 rings (SSSR count). The van der Waals surface area contributed by atoms with Crippen LogP contribution < -0.4 is 10.2 Å². The van der Waals surface area contributed by atoms with Gasteiger partial charge in [-0.15, -0.1) is 0 Å². The molecule has 1 aromatic rings. The molecule has 0 aliphatic carbocycles. The fourth-order valence-corrected chi connectivity index (χ4v) is 3.38. The lowest BCUT2D eigenvalue weighted by Gasteiger charge is -2.41. The molecule has 2 heterocycles. The fraction of sp³-hybridized carbons (Fsp3) is 0.611. The van der Waals surface area contributed by atoms with Gasteiger partial charge < -0.3 is 19.9 Å². The number of ether oxygens (including phenoxy) is 1. The zero-order valence-electron chi connectivity index (χ0n) is 14.6. The van der Waals surface area contributed by atoms with Gasteiger partial charge in [-0.05, 0) is 44.9 Å². The van der Waals surface area contributed by atoms with E-state index in [1.54, 1.807) is 0 Å². The highest BCUT2D eigenvalue weighted by molar-refractivity contribution is 5.69. The van der Waals surface area contributed by atoms with Crippen LogP contribution in [0.5, 0.6) is 0 Å². The molecule has 1 fully saturated rings. The lowest BCUT2D eigenvalue weighted by Crippen LogP contribution is -2.55. The first-order valence-electron chi connectivity index (χ1n) is 8.41. The van der Waals surface area contributed by atoms with Crippen LogP contribution in [-0.4, -0.2) is 42.3 Å². The van der Waals surface area contributed by atoms with E-state index in [-0.39, 0.29) is 12.1 Å². The van der Waals surface area contributed by atoms with E-state index in [0.29, 0.717) is 6.54 Å². The SMILES string of the molecule is CC1CN(c2cccc3c2CNC3)CCN1C(=O)OC(C)(C)C. The summed E-state index contributed by atoms with van der Waals surface area (Å²) in [6, 6.07) is 6.66. The van der Waals surface area contributed by atoms with Crippen LogP contribution >= 0.6 is 0 Å². The molecule has 1 N–H and O–H groups in total. The standard InChI is InChI=1S/C18H27N3O2/c1-13-12-20(8-9-21(13)17(22)23-18(2,3)4)16-7-5-6-14-10-19-11-15(14)16/h5-7,13,19H,8-12H2,1-4H3. The zero-order valence-corrected chi connectivity index (χ0v) is 14.6. The molecule has 2 aliphatic rings. The number of hydrogen-bond donors (Lipinski definition) is 1. The van der Waals surface area contributed by atoms with Crippen LogP contribution in [-0.2, 0) is 17.8 Å². The van der Waals surface area contributed by atoms with Gasteiger partial charge in [-0.3, -0.25) is 0 Å². The Hall–Kier alpha value is -1.75. The summed E-state index contributed by atoms with van der Waals surface area (Å²) in [5.74, 6) is 0. The van der Waals surface area contributed by atoms with Gasteiger partial charge in [-0.1, -0.05) is 12.1 Å². The van der Waals surface area contributed by atoms with Gasteiger partial charge >= 0.3 is 6.09 Å². The van der Waals surface area contributed by atoms with Gasteiger partial charge in [0.25, 0.3) is 0 Å². The van der Waals surface area contributed by atoms with Crippen molar-refractivity contribution in [2.45, 2.75) is 52.4 Å². The summed E-state index contributed by atoms with van der Waals surface area (Å²) in [5.41, 5.74) is 3.66. The molecule has 1 aromatic carbocycles. The Kier molecular flexibility index (Phi) is 4.23. The van der Waals surface area contributed by atoms with Crippen LogP contribution in [0.1, 0.15) is 38.8 Å². The van der Waals surface area contributed by atoms with E-state index in [9.17, 15) is 4.79 Å². The van der Waals surface area contributed by atoms with Crippen LogP contribution in [0.4, 0.5) is 10.5 Å². The van der Waals surface area contributed by atoms with Crippen molar-refractivity contribution in [3.63, 3.8) is 0 Å². The quantitative estimate of drug-likeness (QED) is 0.865. The van der Waals surface area contributed by atoms with Gasteiger partial charge in [0.15, 0.2) is 0 Å². The molecule has 1 saturated heterocycles. The van der Waals surface area contributed by atoms with E-state index in [2.05, 4.69) is 35.3 Å². The summed E-state index contributed by atoms with van der Waals surface area (Å²) >= 11 is 0. The summed E-state index contributed by atoms with van der Waals surface area (Å²) in [5, 5.41) is 3.42. The smallest absolute Gasteiger partial charge is 0.410 e. The minimum absolute atomic E-state index is 0.142. The first kappa shape index (κ1) is 16.1. The van der Waals surface area contributed by atoms with Crippen molar-refractivity contribution in [3.8, 4) is 0 Å². The normalized spacial score (nSPS) is 21.3. The fourth-order valence-electron chi connectivity index (χ4n) is 3.38. The maximum Gasteiger partial charge on any atom is 0.410 e. The van der Waals surface area contributed by atoms with Crippen LogP contribution in [0.15, 0.2) is 18.2 Å². The van der Waals surface area contributed by atoms with Crippen molar-refractivity contribution in [1.29, 1.82) is 0 Å². The average molecular weight is 317 g/mol. The monoisotopic (exact) mass is 317 g/mol. The van der Waals surface area contributed by atoms with E-state index in [1.807, 2.05) is 25.7 Å². The van der Waals surface area contributed by atoms with Gasteiger partial charge in [0.05, 0.1) is 0 Å². The van der Waals surface area contributed by atoms with E-state index in [0.717, 1.165) is 26.2 Å². The maximum atomic E-state index is 12.3. The highest BCUT2D eigenvalue weighted by Crippen LogP contribution is 2.29. The predicted molar refractivity (Wildman–Crippen MR) is 91.6 cm³/mol. The molecule has 23 heavy (non-hydrogen) atoms. The molecule has 0 aromatic heterocycles. The highest BCUT2D eigenvalue weighted by Gasteiger charge is 2.32. The number of nitrogens with zero attached hydrogens (tertiary/aromatic N) is 2. The van der Waals surface area contributed by atoms with Crippen LogP contribution in [0, 0.1) is 0 Å². The number of amides is 1. The molecule has 2 aliphatic heterocycles. The Morgan fingerprint density at radius 3 is 2.74 bits per heavy atom. The zero-order chi connectivity index (χ0) is 16.6. The maximum absolute atomic E-state index is 12.3. The first-order valence-corrected chi connectivity index (χ1v) is 8.41. The summed E-state index contributed by atoms with van der Waals surface area (Å²) in [7, 11) is 0. The number of carbonyl (C=O) groups excluding carboxylic acids is 1. The Bertz CT molecular complexity index is 594. The first-order chi connectivity index (χ1) is 10.8. The second-order valence-electron chi connectivity index (χ2n) is 7.49. The third-order valence-corrected chi connectivity index (χ3v) is 4.46. The molecular weight excluding hydrogens is 290 g/mol. The molecule has 0 spiro atoms. The van der Waals surface area contributed by atoms with Crippen LogP contribution in [0.2, 0.25) is 0 Å². The molecule has 1 unspecified atom stereocenters. The van der Waals surface area contributed by atoms with Crippen molar-refractivity contribution in [2.24, 2.45) is 0 Å². The van der Waals surface area contributed by atoms with E-state index in [1.165, 1.54) is 16.8 Å². The van der Waals surface area contributed by atoms with Crippen molar-refractivity contribution < 1.29 is 9.53 Å². The Morgan fingerprint density at radius 2 is 2.04 bits per heavy atom.